The SMILES string of the molecule is O=C(CCCCCN=C1NS(=O)(=O)c2ccccc21)Nc1ccnn1C1CCCC1. The van der Waals surface area contributed by atoms with Gasteiger partial charge in [0.2, 0.25) is 5.91 Å². The number of hydrogen-bond acceptors (Lipinski definition) is 5. The Bertz CT molecular complexity index is 1040. The van der Waals surface area contributed by atoms with E-state index < -0.39 is 10.0 Å². The monoisotopic (exact) mass is 429 g/mol. The highest BCUT2D eigenvalue weighted by atomic mass is 32.2. The second-order valence-corrected chi connectivity index (χ2v) is 9.44. The van der Waals surface area contributed by atoms with Gasteiger partial charge in [-0.15, -0.1) is 0 Å². The zero-order valence-electron chi connectivity index (χ0n) is 16.9. The number of carbonyl (C=O) groups excluding carboxylic acids is 1. The molecule has 0 unspecified atom stereocenters. The number of hydrogen-bond donors (Lipinski definition) is 2. The predicted octanol–water partition coefficient (Wildman–Crippen LogP) is 3.24. The van der Waals surface area contributed by atoms with Gasteiger partial charge in [0.15, 0.2) is 0 Å². The first-order chi connectivity index (χ1) is 14.5. The molecule has 8 nitrogen and oxygen atoms in total. The molecule has 0 spiro atoms. The number of nitrogens with one attached hydrogen (secondary N) is 2. The molecule has 2 N–H and O–H groups in total. The highest BCUT2D eigenvalue weighted by molar-refractivity contribution is 7.90. The molecular weight excluding hydrogens is 402 g/mol. The Balaban J connectivity index is 1.20. The maximum Gasteiger partial charge on any atom is 0.263 e. The number of aromatic nitrogens is 2. The molecule has 1 aliphatic carbocycles. The van der Waals surface area contributed by atoms with Gasteiger partial charge in [-0.1, -0.05) is 31.4 Å². The summed E-state index contributed by atoms with van der Waals surface area (Å²) < 4.78 is 28.6. The third-order valence-electron chi connectivity index (χ3n) is 5.60. The lowest BCUT2D eigenvalue weighted by molar-refractivity contribution is -0.116. The summed E-state index contributed by atoms with van der Waals surface area (Å²) in [6, 6.07) is 9.09. The number of aliphatic imine (C=N–C) groups is 1. The summed E-state index contributed by atoms with van der Waals surface area (Å²) in [4.78, 5) is 17.0. The third kappa shape index (κ3) is 4.56. The Morgan fingerprint density at radius 2 is 1.97 bits per heavy atom. The van der Waals surface area contributed by atoms with Gasteiger partial charge in [0.1, 0.15) is 11.7 Å². The summed E-state index contributed by atoms with van der Waals surface area (Å²) in [5, 5.41) is 7.35. The van der Waals surface area contributed by atoms with E-state index in [1.807, 2.05) is 10.7 Å². The van der Waals surface area contributed by atoms with E-state index >= 15 is 0 Å². The number of amides is 1. The summed E-state index contributed by atoms with van der Waals surface area (Å²) in [5.41, 5.74) is 0.621. The van der Waals surface area contributed by atoms with E-state index in [9.17, 15) is 13.2 Å². The summed E-state index contributed by atoms with van der Waals surface area (Å²) in [6.45, 7) is 0.516. The van der Waals surface area contributed by atoms with E-state index in [1.54, 1.807) is 30.5 Å². The zero-order chi connectivity index (χ0) is 21.0. The van der Waals surface area contributed by atoms with Gasteiger partial charge in [-0.2, -0.15) is 5.10 Å². The normalized spacial score (nSPS) is 19.0. The topological polar surface area (TPSA) is 105 Å². The van der Waals surface area contributed by atoms with Gasteiger partial charge in [0, 0.05) is 24.6 Å². The number of fused-ring (bicyclic) bond motifs is 1. The molecule has 1 aromatic carbocycles. The van der Waals surface area contributed by atoms with Crippen LogP contribution in [0.4, 0.5) is 5.82 Å². The molecule has 0 atom stereocenters. The van der Waals surface area contributed by atoms with Gasteiger partial charge in [0.05, 0.1) is 17.1 Å². The number of sulfonamides is 1. The Hall–Kier alpha value is -2.68. The minimum atomic E-state index is -3.49. The lowest BCUT2D eigenvalue weighted by Gasteiger charge is -2.14. The number of anilines is 1. The van der Waals surface area contributed by atoms with Crippen molar-refractivity contribution in [2.75, 3.05) is 11.9 Å². The molecule has 9 heteroatoms. The van der Waals surface area contributed by atoms with E-state index in [-0.39, 0.29) is 10.8 Å². The second kappa shape index (κ2) is 8.99. The van der Waals surface area contributed by atoms with Crippen LogP contribution in [0.5, 0.6) is 0 Å². The Morgan fingerprint density at radius 3 is 2.80 bits per heavy atom. The fourth-order valence-corrected chi connectivity index (χ4v) is 5.33. The number of unbranched alkanes of at least 4 members (excludes halogenated alkanes) is 2. The summed E-state index contributed by atoms with van der Waals surface area (Å²) in [5.74, 6) is 1.19. The highest BCUT2D eigenvalue weighted by Crippen LogP contribution is 2.31. The first kappa shape index (κ1) is 20.6. The molecule has 1 aromatic heterocycles. The number of nitrogens with zero attached hydrogens (tertiary/aromatic N) is 3. The van der Waals surface area contributed by atoms with Gasteiger partial charge in [-0.25, -0.2) is 13.1 Å². The molecule has 1 fully saturated rings. The van der Waals surface area contributed by atoms with E-state index in [2.05, 4.69) is 20.1 Å². The molecule has 1 amide bonds. The number of amidine groups is 1. The van der Waals surface area contributed by atoms with Crippen molar-refractivity contribution in [2.24, 2.45) is 4.99 Å². The third-order valence-corrected chi connectivity index (χ3v) is 7.00. The van der Waals surface area contributed by atoms with Crippen LogP contribution in [-0.2, 0) is 14.8 Å². The fourth-order valence-electron chi connectivity index (χ4n) is 4.07. The van der Waals surface area contributed by atoms with Crippen LogP contribution >= 0.6 is 0 Å². The molecule has 2 aromatic rings. The van der Waals surface area contributed by atoms with Crippen LogP contribution in [0.3, 0.4) is 0 Å². The largest absolute Gasteiger partial charge is 0.311 e. The van der Waals surface area contributed by atoms with Crippen LogP contribution in [-0.4, -0.2) is 36.5 Å². The Morgan fingerprint density at radius 1 is 1.17 bits per heavy atom. The van der Waals surface area contributed by atoms with Crippen LogP contribution in [0.15, 0.2) is 46.4 Å². The number of rotatable bonds is 8. The van der Waals surface area contributed by atoms with Crippen molar-refractivity contribution in [1.82, 2.24) is 14.5 Å². The Labute approximate surface area is 176 Å². The van der Waals surface area contributed by atoms with Crippen molar-refractivity contribution >= 4 is 27.6 Å². The molecule has 160 valence electrons. The first-order valence-corrected chi connectivity index (χ1v) is 12.0. The van der Waals surface area contributed by atoms with Crippen molar-refractivity contribution in [1.29, 1.82) is 0 Å². The first-order valence-electron chi connectivity index (χ1n) is 10.5. The molecule has 2 aliphatic rings. The second-order valence-electron chi connectivity index (χ2n) is 7.79. The van der Waals surface area contributed by atoms with Gasteiger partial charge in [-0.3, -0.25) is 14.5 Å². The average Bonchev–Trinajstić information content (AvgIpc) is 3.45. The van der Waals surface area contributed by atoms with Crippen molar-refractivity contribution in [2.45, 2.75) is 62.3 Å². The van der Waals surface area contributed by atoms with Crippen molar-refractivity contribution < 1.29 is 13.2 Å². The van der Waals surface area contributed by atoms with Crippen molar-refractivity contribution in [3.8, 4) is 0 Å². The van der Waals surface area contributed by atoms with E-state index in [0.29, 0.717) is 30.4 Å². The quantitative estimate of drug-likeness (QED) is 0.628. The molecule has 30 heavy (non-hydrogen) atoms. The van der Waals surface area contributed by atoms with Crippen LogP contribution in [0.2, 0.25) is 0 Å². The molecule has 2 heterocycles. The summed E-state index contributed by atoms with van der Waals surface area (Å²) in [7, 11) is -3.49. The molecule has 0 radical (unpaired) electrons. The lowest BCUT2D eigenvalue weighted by Crippen LogP contribution is -2.22. The number of benzene rings is 1. The van der Waals surface area contributed by atoms with Crippen molar-refractivity contribution in [3.63, 3.8) is 0 Å². The van der Waals surface area contributed by atoms with E-state index in [0.717, 1.165) is 37.9 Å². The van der Waals surface area contributed by atoms with Gasteiger partial charge in [0.25, 0.3) is 10.0 Å². The average molecular weight is 430 g/mol. The molecular formula is C21H27N5O3S. The maximum atomic E-state index is 12.3. The molecule has 1 saturated carbocycles. The van der Waals surface area contributed by atoms with Crippen LogP contribution in [0.1, 0.15) is 63.0 Å². The summed E-state index contributed by atoms with van der Waals surface area (Å²) >= 11 is 0. The van der Waals surface area contributed by atoms with Crippen LogP contribution in [0.25, 0.3) is 0 Å². The van der Waals surface area contributed by atoms with Crippen LogP contribution in [0, 0.1) is 0 Å². The maximum absolute atomic E-state index is 12.3. The number of carbonyl (C=O) groups is 1. The van der Waals surface area contributed by atoms with Gasteiger partial charge < -0.3 is 5.32 Å². The molecule has 0 bridgehead atoms. The van der Waals surface area contributed by atoms with Crippen molar-refractivity contribution in [3.05, 3.63) is 42.1 Å². The fraction of sp³-hybridized carbons (Fsp3) is 0.476. The van der Waals surface area contributed by atoms with Gasteiger partial charge in [-0.05, 0) is 37.8 Å². The standard InChI is InChI=1S/C21H27N5O3S/c27-20(24-19-13-15-23-26(19)16-8-3-4-9-16)12-2-1-7-14-22-21-17-10-5-6-11-18(17)30(28,29)25-21/h5-6,10-11,13,15-16H,1-4,7-9,12,14H2,(H,22,25)(H,24,27). The van der Waals surface area contributed by atoms with Crippen LogP contribution < -0.4 is 10.0 Å². The molecule has 0 saturated heterocycles. The minimum absolute atomic E-state index is 0.00135. The van der Waals surface area contributed by atoms with Gasteiger partial charge >= 0.3 is 0 Å². The zero-order valence-corrected chi connectivity index (χ0v) is 17.7. The van der Waals surface area contributed by atoms with E-state index in [4.69, 9.17) is 0 Å². The highest BCUT2D eigenvalue weighted by Gasteiger charge is 2.29. The predicted molar refractivity (Wildman–Crippen MR) is 115 cm³/mol. The van der Waals surface area contributed by atoms with E-state index in [1.165, 1.54) is 12.8 Å². The molecule has 4 rings (SSSR count). The summed E-state index contributed by atoms with van der Waals surface area (Å²) in [6.07, 6.45) is 9.26. The lowest BCUT2D eigenvalue weighted by atomic mass is 10.2. The molecule has 1 aliphatic heterocycles. The smallest absolute Gasteiger partial charge is 0.263 e. The minimum Gasteiger partial charge on any atom is -0.311 e. The Kier molecular flexibility index (Phi) is 6.17.